The van der Waals surface area contributed by atoms with Gasteiger partial charge in [0.05, 0.1) is 0 Å². The Morgan fingerprint density at radius 2 is 1.33 bits per heavy atom. The highest BCUT2D eigenvalue weighted by atomic mass is 16.2. The molecule has 3 aromatic carbocycles. The van der Waals surface area contributed by atoms with Gasteiger partial charge in [-0.25, -0.2) is 0 Å². The molecule has 2 amide bonds. The van der Waals surface area contributed by atoms with Crippen LogP contribution in [-0.4, -0.2) is 30.7 Å². The van der Waals surface area contributed by atoms with Crippen molar-refractivity contribution in [3.05, 3.63) is 102 Å². The quantitative estimate of drug-likeness (QED) is 0.333. The highest BCUT2D eigenvalue weighted by Crippen LogP contribution is 2.28. The van der Waals surface area contributed by atoms with E-state index in [2.05, 4.69) is 22.5 Å². The summed E-state index contributed by atoms with van der Waals surface area (Å²) >= 11 is 0. The molecule has 0 atom stereocenters. The van der Waals surface area contributed by atoms with Crippen LogP contribution in [-0.2, 0) is 0 Å². The first-order valence-electron chi connectivity index (χ1n) is 10.6. The number of rotatable bonds is 9. The molecule has 0 heterocycles. The number of para-hydroxylation sites is 1. The third kappa shape index (κ3) is 6.40. The predicted molar refractivity (Wildman–Crippen MR) is 131 cm³/mol. The molecule has 6 nitrogen and oxygen atoms in total. The van der Waals surface area contributed by atoms with Gasteiger partial charge in [0.25, 0.3) is 11.8 Å². The third-order valence-corrected chi connectivity index (χ3v) is 4.96. The minimum Gasteiger partial charge on any atom is -0.359 e. The van der Waals surface area contributed by atoms with E-state index in [1.165, 1.54) is 6.92 Å². The molecule has 0 spiro atoms. The fourth-order valence-corrected chi connectivity index (χ4v) is 3.31. The van der Waals surface area contributed by atoms with Gasteiger partial charge in [0, 0.05) is 46.7 Å². The molecule has 3 aromatic rings. The van der Waals surface area contributed by atoms with E-state index >= 15 is 0 Å². The molecule has 0 saturated carbocycles. The van der Waals surface area contributed by atoms with E-state index in [1.54, 1.807) is 36.4 Å². The van der Waals surface area contributed by atoms with Crippen LogP contribution < -0.4 is 16.0 Å². The molecule has 0 aromatic heterocycles. The van der Waals surface area contributed by atoms with Crippen molar-refractivity contribution in [2.24, 2.45) is 0 Å². The first kappa shape index (κ1) is 23.5. The Morgan fingerprint density at radius 3 is 1.97 bits per heavy atom. The van der Waals surface area contributed by atoms with E-state index in [0.717, 1.165) is 22.5 Å². The average molecular weight is 442 g/mol. The van der Waals surface area contributed by atoms with Crippen molar-refractivity contribution >= 4 is 23.3 Å². The van der Waals surface area contributed by atoms with Gasteiger partial charge >= 0.3 is 0 Å². The second-order valence-electron chi connectivity index (χ2n) is 7.68. The fraction of sp³-hybridized carbons (Fsp3) is 0.148. The number of amides is 2. The summed E-state index contributed by atoms with van der Waals surface area (Å²) in [5.74, 6) is -0.611. The van der Waals surface area contributed by atoms with Crippen LogP contribution in [0, 0.1) is 0 Å². The minimum absolute atomic E-state index is 0.0986. The molecular formula is C27H27N3O3. The Balaban J connectivity index is 1.53. The van der Waals surface area contributed by atoms with Crippen molar-refractivity contribution in [1.29, 1.82) is 0 Å². The lowest BCUT2D eigenvalue weighted by molar-refractivity contribution is 0.0927. The van der Waals surface area contributed by atoms with Crippen molar-refractivity contribution < 1.29 is 14.4 Å². The van der Waals surface area contributed by atoms with Gasteiger partial charge < -0.3 is 16.0 Å². The van der Waals surface area contributed by atoms with Gasteiger partial charge in [-0.1, -0.05) is 49.0 Å². The summed E-state index contributed by atoms with van der Waals surface area (Å²) in [4.78, 5) is 36.2. The van der Waals surface area contributed by atoms with Crippen LogP contribution in [0.1, 0.15) is 44.9 Å². The second kappa shape index (κ2) is 10.9. The maximum Gasteiger partial charge on any atom is 0.251 e. The zero-order valence-electron chi connectivity index (χ0n) is 18.8. The van der Waals surface area contributed by atoms with Crippen molar-refractivity contribution in [3.8, 4) is 11.1 Å². The molecule has 0 aliphatic heterocycles. The van der Waals surface area contributed by atoms with Crippen LogP contribution in [0.25, 0.3) is 11.1 Å². The van der Waals surface area contributed by atoms with Crippen molar-refractivity contribution in [3.63, 3.8) is 0 Å². The number of ketones is 1. The molecule has 3 rings (SSSR count). The van der Waals surface area contributed by atoms with Crippen LogP contribution in [0.5, 0.6) is 0 Å². The van der Waals surface area contributed by atoms with E-state index in [1.807, 2.05) is 43.3 Å². The Labute approximate surface area is 193 Å². The standard InChI is InChI=1S/C27H27N3O3/c1-18(2)30-25-10-5-4-9-24(25)20-11-13-21(14-12-20)26(32)28-15-16-29-27(33)23-8-6-7-22(17-23)19(3)31/h4-14,17,30H,1,15-16H2,2-3H3,(H,28,32)(H,29,33). The predicted octanol–water partition coefficient (Wildman–Crippen LogP) is 4.66. The number of benzene rings is 3. The highest BCUT2D eigenvalue weighted by Gasteiger charge is 2.10. The summed E-state index contributed by atoms with van der Waals surface area (Å²) < 4.78 is 0. The monoisotopic (exact) mass is 441 g/mol. The number of carbonyl (C=O) groups is 3. The summed E-state index contributed by atoms with van der Waals surface area (Å²) in [5.41, 5.74) is 5.22. The SMILES string of the molecule is C=C(C)Nc1ccccc1-c1ccc(C(=O)NCCNC(=O)c2cccc(C(C)=O)c2)cc1. The molecule has 0 unspecified atom stereocenters. The number of nitrogens with one attached hydrogen (secondary N) is 3. The molecule has 0 fully saturated rings. The lowest BCUT2D eigenvalue weighted by Gasteiger charge is -2.12. The van der Waals surface area contributed by atoms with Crippen molar-refractivity contribution in [2.75, 3.05) is 18.4 Å². The minimum atomic E-state index is -0.293. The topological polar surface area (TPSA) is 87.3 Å². The van der Waals surface area contributed by atoms with Gasteiger partial charge in [-0.15, -0.1) is 0 Å². The largest absolute Gasteiger partial charge is 0.359 e. The number of Topliss-reactive ketones (excluding diaryl/α,β-unsaturated/α-hetero) is 1. The molecular weight excluding hydrogens is 414 g/mol. The highest BCUT2D eigenvalue weighted by molar-refractivity contribution is 5.99. The van der Waals surface area contributed by atoms with Crippen LogP contribution >= 0.6 is 0 Å². The van der Waals surface area contributed by atoms with Crippen molar-refractivity contribution in [1.82, 2.24) is 10.6 Å². The third-order valence-electron chi connectivity index (χ3n) is 4.96. The van der Waals surface area contributed by atoms with E-state index in [-0.39, 0.29) is 30.7 Å². The number of carbonyl (C=O) groups excluding carboxylic acids is 3. The Bertz CT molecular complexity index is 1180. The molecule has 0 saturated heterocycles. The number of allylic oxidation sites excluding steroid dienone is 1. The zero-order valence-corrected chi connectivity index (χ0v) is 18.8. The lowest BCUT2D eigenvalue weighted by Crippen LogP contribution is -2.34. The van der Waals surface area contributed by atoms with E-state index < -0.39 is 0 Å². The summed E-state index contributed by atoms with van der Waals surface area (Å²) in [7, 11) is 0. The first-order chi connectivity index (χ1) is 15.8. The normalized spacial score (nSPS) is 10.2. The van der Waals surface area contributed by atoms with E-state index in [0.29, 0.717) is 16.7 Å². The van der Waals surface area contributed by atoms with Gasteiger partial charge in [-0.05, 0) is 49.7 Å². The van der Waals surface area contributed by atoms with Gasteiger partial charge in [0.2, 0.25) is 0 Å². The molecule has 0 aliphatic rings. The molecule has 0 bridgehead atoms. The summed E-state index contributed by atoms with van der Waals surface area (Å²) in [6.45, 7) is 7.80. The first-order valence-corrected chi connectivity index (χ1v) is 10.6. The summed E-state index contributed by atoms with van der Waals surface area (Å²) in [6.07, 6.45) is 0. The molecule has 6 heteroatoms. The number of hydrogen-bond acceptors (Lipinski definition) is 4. The number of hydrogen-bond donors (Lipinski definition) is 3. The smallest absolute Gasteiger partial charge is 0.251 e. The molecule has 0 radical (unpaired) electrons. The van der Waals surface area contributed by atoms with Crippen LogP contribution in [0.3, 0.4) is 0 Å². The Hall–Kier alpha value is -4.19. The van der Waals surface area contributed by atoms with Crippen LogP contribution in [0.4, 0.5) is 5.69 Å². The molecule has 168 valence electrons. The maximum atomic E-state index is 12.5. The number of anilines is 1. The van der Waals surface area contributed by atoms with E-state index in [4.69, 9.17) is 0 Å². The zero-order chi connectivity index (χ0) is 23.8. The van der Waals surface area contributed by atoms with Crippen molar-refractivity contribution in [2.45, 2.75) is 13.8 Å². The summed E-state index contributed by atoms with van der Waals surface area (Å²) in [6, 6.07) is 21.8. The lowest BCUT2D eigenvalue weighted by atomic mass is 10.0. The van der Waals surface area contributed by atoms with Crippen LogP contribution in [0.2, 0.25) is 0 Å². The fourth-order valence-electron chi connectivity index (χ4n) is 3.31. The Morgan fingerprint density at radius 1 is 0.727 bits per heavy atom. The average Bonchev–Trinajstić information content (AvgIpc) is 2.81. The maximum absolute atomic E-state index is 12.5. The van der Waals surface area contributed by atoms with Gasteiger partial charge in [-0.3, -0.25) is 14.4 Å². The second-order valence-corrected chi connectivity index (χ2v) is 7.68. The van der Waals surface area contributed by atoms with E-state index in [9.17, 15) is 14.4 Å². The molecule has 3 N–H and O–H groups in total. The summed E-state index contributed by atoms with van der Waals surface area (Å²) in [5, 5.41) is 8.79. The van der Waals surface area contributed by atoms with Gasteiger partial charge in [-0.2, -0.15) is 0 Å². The molecule has 33 heavy (non-hydrogen) atoms. The van der Waals surface area contributed by atoms with Gasteiger partial charge in [0.1, 0.15) is 0 Å². The van der Waals surface area contributed by atoms with Gasteiger partial charge in [0.15, 0.2) is 5.78 Å². The molecule has 0 aliphatic carbocycles. The Kier molecular flexibility index (Phi) is 7.76. The van der Waals surface area contributed by atoms with Crippen LogP contribution in [0.15, 0.2) is 85.1 Å².